The molecule has 0 spiro atoms. The summed E-state index contributed by atoms with van der Waals surface area (Å²) in [5.41, 5.74) is 1.90. The lowest BCUT2D eigenvalue weighted by Gasteiger charge is -2.29. The van der Waals surface area contributed by atoms with Gasteiger partial charge in [-0.1, -0.05) is 0 Å². The van der Waals surface area contributed by atoms with Gasteiger partial charge in [0.15, 0.2) is 0 Å². The van der Waals surface area contributed by atoms with E-state index in [9.17, 15) is 0 Å². The third-order valence-electron chi connectivity index (χ3n) is 4.08. The molecule has 2 bridgehead atoms. The van der Waals surface area contributed by atoms with E-state index < -0.39 is 0 Å². The van der Waals surface area contributed by atoms with Crippen molar-refractivity contribution in [2.24, 2.45) is 5.92 Å². The number of hydrogen-bond donors (Lipinski definition) is 2. The van der Waals surface area contributed by atoms with Gasteiger partial charge in [-0.3, -0.25) is 4.98 Å². The summed E-state index contributed by atoms with van der Waals surface area (Å²) in [6.07, 6.45) is 8.93. The number of piperidine rings is 1. The van der Waals surface area contributed by atoms with E-state index in [1.165, 1.54) is 37.0 Å². The van der Waals surface area contributed by atoms with Crippen molar-refractivity contribution < 1.29 is 0 Å². The van der Waals surface area contributed by atoms with Gasteiger partial charge in [0.2, 0.25) is 0 Å². The smallest absolute Gasteiger partial charge is 0.0794 e. The van der Waals surface area contributed by atoms with Crippen molar-refractivity contribution in [3.8, 4) is 0 Å². The molecular weight excluding hydrogens is 230 g/mol. The van der Waals surface area contributed by atoms with Crippen LogP contribution < -0.4 is 10.6 Å². The van der Waals surface area contributed by atoms with Crippen LogP contribution in [0.2, 0.25) is 0 Å². The van der Waals surface area contributed by atoms with Gasteiger partial charge in [0.1, 0.15) is 0 Å². The highest BCUT2D eigenvalue weighted by Crippen LogP contribution is 2.32. The maximum absolute atomic E-state index is 4.09. The predicted molar refractivity (Wildman–Crippen MR) is 71.1 cm³/mol. The lowest BCUT2D eigenvalue weighted by Crippen LogP contribution is -2.38. The molecule has 2 atom stereocenters. The van der Waals surface area contributed by atoms with Gasteiger partial charge in [-0.25, -0.2) is 0 Å². The Balaban J connectivity index is 1.34. The van der Waals surface area contributed by atoms with Crippen molar-refractivity contribution in [3.05, 3.63) is 16.6 Å². The average molecular weight is 251 g/mol. The first-order chi connectivity index (χ1) is 8.40. The van der Waals surface area contributed by atoms with Gasteiger partial charge < -0.3 is 10.6 Å². The van der Waals surface area contributed by atoms with Gasteiger partial charge in [-0.15, -0.1) is 11.3 Å². The first kappa shape index (κ1) is 11.6. The Kier molecular flexibility index (Phi) is 3.74. The Labute approximate surface area is 107 Å². The molecule has 1 aromatic heterocycles. The summed E-state index contributed by atoms with van der Waals surface area (Å²) in [6.45, 7) is 2.14. The zero-order valence-corrected chi connectivity index (χ0v) is 11.0. The lowest BCUT2D eigenvalue weighted by molar-refractivity contribution is 0.283. The lowest BCUT2D eigenvalue weighted by atomic mass is 9.90. The third kappa shape index (κ3) is 3.06. The zero-order valence-electron chi connectivity index (χ0n) is 10.2. The minimum Gasteiger partial charge on any atom is -0.312 e. The van der Waals surface area contributed by atoms with Crippen LogP contribution in [-0.2, 0) is 6.54 Å². The van der Waals surface area contributed by atoms with Crippen molar-refractivity contribution in [3.63, 3.8) is 0 Å². The van der Waals surface area contributed by atoms with Crippen LogP contribution in [0.5, 0.6) is 0 Å². The Bertz CT molecular complexity index is 326. The molecule has 0 amide bonds. The highest BCUT2D eigenvalue weighted by molar-refractivity contribution is 7.09. The van der Waals surface area contributed by atoms with Gasteiger partial charge in [-0.05, 0) is 44.6 Å². The van der Waals surface area contributed by atoms with Crippen LogP contribution in [0.15, 0.2) is 11.7 Å². The average Bonchev–Trinajstić information content (AvgIpc) is 2.95. The highest BCUT2D eigenvalue weighted by Gasteiger charge is 2.32. The molecule has 4 heteroatoms. The van der Waals surface area contributed by atoms with E-state index in [0.717, 1.165) is 31.1 Å². The maximum Gasteiger partial charge on any atom is 0.0794 e. The van der Waals surface area contributed by atoms with Crippen LogP contribution in [0.1, 0.15) is 37.0 Å². The maximum atomic E-state index is 4.09. The summed E-state index contributed by atoms with van der Waals surface area (Å²) in [4.78, 5) is 5.43. The summed E-state index contributed by atoms with van der Waals surface area (Å²) in [6, 6.07) is 1.67. The number of fused-ring (bicyclic) bond motifs is 2. The van der Waals surface area contributed by atoms with Crippen LogP contribution in [0.3, 0.4) is 0 Å². The summed E-state index contributed by atoms with van der Waals surface area (Å²) >= 11 is 1.74. The second-order valence-electron chi connectivity index (χ2n) is 5.41. The van der Waals surface area contributed by atoms with Crippen molar-refractivity contribution in [1.82, 2.24) is 15.6 Å². The van der Waals surface area contributed by atoms with Crippen molar-refractivity contribution >= 4 is 11.3 Å². The minimum atomic E-state index is 0.834. The van der Waals surface area contributed by atoms with Crippen LogP contribution in [0.25, 0.3) is 0 Å². The Morgan fingerprint density at radius 2 is 2.18 bits per heavy atom. The number of hydrogen-bond acceptors (Lipinski definition) is 4. The molecule has 2 fully saturated rings. The Morgan fingerprint density at radius 1 is 1.35 bits per heavy atom. The monoisotopic (exact) mass is 251 g/mol. The fourth-order valence-electron chi connectivity index (χ4n) is 3.26. The van der Waals surface area contributed by atoms with E-state index in [1.54, 1.807) is 11.3 Å². The largest absolute Gasteiger partial charge is 0.312 e. The Hall–Kier alpha value is -0.450. The van der Waals surface area contributed by atoms with Gasteiger partial charge in [0.25, 0.3) is 0 Å². The molecule has 2 aliphatic rings. The molecule has 0 aromatic carbocycles. The zero-order chi connectivity index (χ0) is 11.5. The molecule has 0 aliphatic carbocycles. The van der Waals surface area contributed by atoms with Gasteiger partial charge >= 0.3 is 0 Å². The van der Waals surface area contributed by atoms with E-state index >= 15 is 0 Å². The molecule has 94 valence electrons. The number of nitrogens with zero attached hydrogens (tertiary/aromatic N) is 1. The van der Waals surface area contributed by atoms with Gasteiger partial charge in [-0.2, -0.15) is 0 Å². The van der Waals surface area contributed by atoms with E-state index in [4.69, 9.17) is 0 Å². The fourth-order valence-corrected chi connectivity index (χ4v) is 3.82. The van der Waals surface area contributed by atoms with Gasteiger partial charge in [0, 0.05) is 29.7 Å². The summed E-state index contributed by atoms with van der Waals surface area (Å²) < 4.78 is 0. The molecular formula is C13H21N3S. The Morgan fingerprint density at radius 3 is 2.88 bits per heavy atom. The molecule has 3 rings (SSSR count). The summed E-state index contributed by atoms with van der Waals surface area (Å²) in [5, 5.41) is 7.24. The number of aromatic nitrogens is 1. The second-order valence-corrected chi connectivity index (χ2v) is 6.38. The second kappa shape index (κ2) is 5.46. The van der Waals surface area contributed by atoms with Crippen LogP contribution in [0, 0.1) is 5.92 Å². The van der Waals surface area contributed by atoms with Crippen molar-refractivity contribution in [2.45, 2.75) is 50.7 Å². The minimum absolute atomic E-state index is 0.834. The van der Waals surface area contributed by atoms with E-state index in [-0.39, 0.29) is 0 Å². The molecule has 3 nitrogen and oxygen atoms in total. The summed E-state index contributed by atoms with van der Waals surface area (Å²) in [5.74, 6) is 0.947. The summed E-state index contributed by atoms with van der Waals surface area (Å²) in [7, 11) is 0. The highest BCUT2D eigenvalue weighted by atomic mass is 32.1. The molecule has 17 heavy (non-hydrogen) atoms. The molecule has 0 radical (unpaired) electrons. The third-order valence-corrected chi connectivity index (χ3v) is 4.86. The van der Waals surface area contributed by atoms with Crippen molar-refractivity contribution in [1.29, 1.82) is 0 Å². The van der Waals surface area contributed by atoms with Gasteiger partial charge in [0.05, 0.1) is 5.51 Å². The molecule has 2 unspecified atom stereocenters. The number of rotatable bonds is 5. The molecule has 0 saturated carbocycles. The molecule has 2 saturated heterocycles. The SMILES string of the molecule is c1ncc(CNCCC2CC3CCC(C2)N3)s1. The molecule has 1 aromatic rings. The van der Waals surface area contributed by atoms with Crippen LogP contribution in [-0.4, -0.2) is 23.6 Å². The number of thiazole rings is 1. The van der Waals surface area contributed by atoms with Crippen molar-refractivity contribution in [2.75, 3.05) is 6.54 Å². The number of nitrogens with one attached hydrogen (secondary N) is 2. The predicted octanol–water partition coefficient (Wildman–Crippen LogP) is 2.15. The molecule has 2 aliphatic heterocycles. The van der Waals surface area contributed by atoms with E-state index in [0.29, 0.717) is 0 Å². The normalized spacial score (nSPS) is 31.9. The van der Waals surface area contributed by atoms with E-state index in [2.05, 4.69) is 15.6 Å². The van der Waals surface area contributed by atoms with E-state index in [1.807, 2.05) is 11.7 Å². The first-order valence-corrected chi connectivity index (χ1v) is 7.62. The van der Waals surface area contributed by atoms with Crippen LogP contribution in [0.4, 0.5) is 0 Å². The van der Waals surface area contributed by atoms with Crippen LogP contribution >= 0.6 is 11.3 Å². The standard InChI is InChI=1S/C13H21N3S/c1-2-12-6-10(5-11(1)16-12)3-4-14-7-13-8-15-9-17-13/h8-12,14,16H,1-7H2. The quantitative estimate of drug-likeness (QED) is 0.787. The fraction of sp³-hybridized carbons (Fsp3) is 0.769. The first-order valence-electron chi connectivity index (χ1n) is 6.74. The topological polar surface area (TPSA) is 37.0 Å². The molecule has 2 N–H and O–H groups in total. The molecule has 3 heterocycles.